The van der Waals surface area contributed by atoms with Gasteiger partial charge in [0.2, 0.25) is 0 Å². The summed E-state index contributed by atoms with van der Waals surface area (Å²) in [5.41, 5.74) is 0. The Labute approximate surface area is 111 Å². The summed E-state index contributed by atoms with van der Waals surface area (Å²) < 4.78 is 0. The number of rotatable bonds is 0. The first-order valence-corrected chi connectivity index (χ1v) is 0. The van der Waals surface area contributed by atoms with Crippen LogP contribution in [0.1, 0.15) is 0 Å². The summed E-state index contributed by atoms with van der Waals surface area (Å²) in [4.78, 5) is 0. The zero-order chi connectivity index (χ0) is 0. The molecule has 0 atom stereocenters. The normalized spacial score (nSPS) is 0. The Kier molecular flexibility index (Phi) is 715. The summed E-state index contributed by atoms with van der Waals surface area (Å²) in [6.45, 7) is 0. The van der Waals surface area contributed by atoms with E-state index in [0.29, 0.717) is 0 Å². The predicted molar refractivity (Wildman–Crippen MR) is 36.8 cm³/mol. The van der Waals surface area contributed by atoms with E-state index in [1.54, 1.807) is 0 Å². The average Bonchev–Trinajstić information content (AvgIpc) is 0. The van der Waals surface area contributed by atoms with Gasteiger partial charge in [0.15, 0.2) is 0 Å². The maximum absolute atomic E-state index is 0. The monoisotopic (exact) mass is 522 g/mol. The summed E-state index contributed by atoms with van der Waals surface area (Å²) in [6.07, 6.45) is 0. The molecular formula is S5Ta2. The first kappa shape index (κ1) is 83.5. The summed E-state index contributed by atoms with van der Waals surface area (Å²) in [5.74, 6) is 0. The molecule has 0 spiro atoms. The molecule has 0 aliphatic carbocycles. The molecule has 0 saturated heterocycles. The molecule has 0 nitrogen and oxygen atoms in total. The third-order valence-electron chi connectivity index (χ3n) is 0. The second kappa shape index (κ2) is 59.9. The van der Waals surface area contributed by atoms with Crippen molar-refractivity contribution < 1.29 is 44.8 Å². The molecule has 0 N–H and O–H groups in total. The van der Waals surface area contributed by atoms with Crippen LogP contribution in [0.25, 0.3) is 0 Å². The van der Waals surface area contributed by atoms with Gasteiger partial charge in [0.25, 0.3) is 0 Å². The van der Waals surface area contributed by atoms with Crippen LogP contribution in [0.4, 0.5) is 0 Å². The maximum atomic E-state index is 0. The number of hydrogen-bond donors (Lipinski definition) is 0. The SMILES string of the molecule is [S-2].[S-2].[S-2].[S-2].[S-2].[Ta+5].[Ta+5]. The minimum Gasteiger partial charge on any atom is -2.00 e. The van der Waals surface area contributed by atoms with Gasteiger partial charge >= 0.3 is 44.8 Å². The molecule has 0 amide bonds. The maximum Gasteiger partial charge on any atom is 5.00 e. The minimum atomic E-state index is 0. The Morgan fingerprint density at radius 1 is 0.286 bits per heavy atom. The van der Waals surface area contributed by atoms with Gasteiger partial charge in [0, 0.05) is 0 Å². The van der Waals surface area contributed by atoms with Gasteiger partial charge in [-0.1, -0.05) is 0 Å². The van der Waals surface area contributed by atoms with Crippen molar-refractivity contribution in [3.63, 3.8) is 0 Å². The summed E-state index contributed by atoms with van der Waals surface area (Å²) in [5, 5.41) is 0. The molecule has 7 heavy (non-hydrogen) atoms. The van der Waals surface area contributed by atoms with Crippen molar-refractivity contribution in [2.75, 3.05) is 0 Å². The van der Waals surface area contributed by atoms with Crippen LogP contribution < -0.4 is 0 Å². The van der Waals surface area contributed by atoms with E-state index < -0.39 is 0 Å². The topological polar surface area (TPSA) is 0 Å². The van der Waals surface area contributed by atoms with Gasteiger partial charge in [-0.05, 0) is 0 Å². The van der Waals surface area contributed by atoms with Crippen molar-refractivity contribution in [2.45, 2.75) is 0 Å². The molecular weight excluding hydrogens is 522 g/mol. The Hall–Kier alpha value is 3.23. The first-order valence-electron chi connectivity index (χ1n) is 0. The molecule has 7 heteroatoms. The molecule has 0 unspecified atom stereocenters. The Bertz CT molecular complexity index is 6.04. The molecule has 0 heterocycles. The van der Waals surface area contributed by atoms with Crippen LogP contribution >= 0.6 is 0 Å². The van der Waals surface area contributed by atoms with Gasteiger partial charge in [-0.2, -0.15) is 0 Å². The van der Waals surface area contributed by atoms with Crippen LogP contribution in [0.15, 0.2) is 0 Å². The molecule has 0 radical (unpaired) electrons. The van der Waals surface area contributed by atoms with Crippen molar-refractivity contribution >= 4 is 67.5 Å². The van der Waals surface area contributed by atoms with Crippen LogP contribution in [-0.4, -0.2) is 0 Å². The van der Waals surface area contributed by atoms with Gasteiger partial charge in [0.05, 0.1) is 0 Å². The zero-order valence-electron chi connectivity index (χ0n) is 2.94. The molecule has 0 aliphatic rings. The second-order valence-electron chi connectivity index (χ2n) is 0. The van der Waals surface area contributed by atoms with E-state index in [1.807, 2.05) is 0 Å². The fourth-order valence-electron chi connectivity index (χ4n) is 0. The van der Waals surface area contributed by atoms with Crippen molar-refractivity contribution in [2.24, 2.45) is 0 Å². The molecule has 0 aliphatic heterocycles. The summed E-state index contributed by atoms with van der Waals surface area (Å²) >= 11 is 0. The first-order chi connectivity index (χ1) is 0. The largest absolute Gasteiger partial charge is 5.00 e. The molecule has 0 aromatic carbocycles. The van der Waals surface area contributed by atoms with Gasteiger partial charge in [-0.25, -0.2) is 0 Å². The Morgan fingerprint density at radius 3 is 0.286 bits per heavy atom. The fourth-order valence-corrected chi connectivity index (χ4v) is 0. The van der Waals surface area contributed by atoms with Gasteiger partial charge in [-0.3, -0.25) is 0 Å². The smallest absolute Gasteiger partial charge is 2.00 e. The van der Waals surface area contributed by atoms with Crippen LogP contribution in [0.2, 0.25) is 0 Å². The molecule has 0 rings (SSSR count). The molecule has 40 valence electrons. The van der Waals surface area contributed by atoms with E-state index in [0.717, 1.165) is 0 Å². The standard InChI is InChI=1S/5S.2Ta/q5*-2;2*+5. The fraction of sp³-hybridized carbons (Fsp3) is 0. The Morgan fingerprint density at radius 2 is 0.286 bits per heavy atom. The molecule has 0 bridgehead atoms. The third kappa shape index (κ3) is 46.2. The van der Waals surface area contributed by atoms with E-state index in [-0.39, 0.29) is 112 Å². The second-order valence-corrected chi connectivity index (χ2v) is 0. The van der Waals surface area contributed by atoms with E-state index in [9.17, 15) is 0 Å². The molecule has 0 saturated carbocycles. The summed E-state index contributed by atoms with van der Waals surface area (Å²) in [6, 6.07) is 0. The van der Waals surface area contributed by atoms with Gasteiger partial charge in [0.1, 0.15) is 0 Å². The Balaban J connectivity index is 0. The minimum absolute atomic E-state index is 0. The van der Waals surface area contributed by atoms with Gasteiger partial charge in [-0.15, -0.1) is 0 Å². The van der Waals surface area contributed by atoms with E-state index in [4.69, 9.17) is 0 Å². The predicted octanol–water partition coefficient (Wildman–Crippen LogP) is -0.0170. The molecule has 0 aromatic heterocycles. The van der Waals surface area contributed by atoms with Crippen LogP contribution in [0.5, 0.6) is 0 Å². The van der Waals surface area contributed by atoms with Crippen molar-refractivity contribution in [1.29, 1.82) is 0 Å². The van der Waals surface area contributed by atoms with E-state index in [1.165, 1.54) is 0 Å². The van der Waals surface area contributed by atoms with Gasteiger partial charge < -0.3 is 67.5 Å². The quantitative estimate of drug-likeness (QED) is 0.420. The van der Waals surface area contributed by atoms with Crippen molar-refractivity contribution in [3.05, 3.63) is 0 Å². The van der Waals surface area contributed by atoms with E-state index >= 15 is 0 Å². The zero-order valence-corrected chi connectivity index (χ0v) is 13.4. The van der Waals surface area contributed by atoms with Crippen LogP contribution in [0.3, 0.4) is 0 Å². The van der Waals surface area contributed by atoms with Crippen molar-refractivity contribution in [1.82, 2.24) is 0 Å². The number of hydrogen-bond acceptors (Lipinski definition) is 0. The van der Waals surface area contributed by atoms with Crippen LogP contribution in [-0.2, 0) is 112 Å². The molecule has 0 aromatic rings. The summed E-state index contributed by atoms with van der Waals surface area (Å²) in [7, 11) is 0. The average molecular weight is 522 g/mol. The van der Waals surface area contributed by atoms with E-state index in [2.05, 4.69) is 0 Å². The molecule has 0 fully saturated rings. The van der Waals surface area contributed by atoms with Crippen molar-refractivity contribution in [3.8, 4) is 0 Å². The third-order valence-corrected chi connectivity index (χ3v) is 0. The van der Waals surface area contributed by atoms with Crippen LogP contribution in [0, 0.1) is 0 Å².